The number of hydrogen-bond donors (Lipinski definition) is 0. The van der Waals surface area contributed by atoms with Crippen LogP contribution in [0, 0.1) is 12.8 Å². The topological polar surface area (TPSA) is 76.3 Å². The lowest BCUT2D eigenvalue weighted by atomic mass is 9.92. The minimum absolute atomic E-state index is 0.00371. The van der Waals surface area contributed by atoms with Crippen molar-refractivity contribution in [3.05, 3.63) is 29.7 Å². The average molecular weight is 356 g/mol. The number of anilines is 1. The molecule has 0 aromatic carbocycles. The van der Waals surface area contributed by atoms with Crippen LogP contribution >= 0.6 is 0 Å². The van der Waals surface area contributed by atoms with Crippen LogP contribution in [-0.2, 0) is 23.2 Å². The molecule has 0 unspecified atom stereocenters. The highest BCUT2D eigenvalue weighted by Crippen LogP contribution is 2.41. The summed E-state index contributed by atoms with van der Waals surface area (Å²) in [6, 6.07) is 1.61. The van der Waals surface area contributed by atoms with Gasteiger partial charge in [0.2, 0.25) is 11.8 Å². The number of fused-ring (bicyclic) bond motifs is 1. The molecule has 0 saturated carbocycles. The number of aromatic nitrogens is 4. The van der Waals surface area contributed by atoms with Crippen molar-refractivity contribution in [2.75, 3.05) is 18.0 Å². The first-order valence-corrected chi connectivity index (χ1v) is 9.14. The summed E-state index contributed by atoms with van der Waals surface area (Å²) in [5, 5.41) is 8.62. The Morgan fingerprint density at radius 1 is 1.31 bits per heavy atom. The zero-order chi connectivity index (χ0) is 18.4. The molecule has 0 bridgehead atoms. The molecule has 26 heavy (non-hydrogen) atoms. The van der Waals surface area contributed by atoms with E-state index in [1.807, 2.05) is 36.5 Å². The third-order valence-electron chi connectivity index (χ3n) is 5.67. The standard InChI is InChI=1S/C18H24N6O2/c1-4-22-16(25)10-13(17(22)14-11-20-21(3)12(14)2)18(26)23-8-5-9-24-15(23)6-7-19-24/h6-7,11,13,17H,4-5,8-10H2,1-3H3/t13-,17-/m0/s1. The van der Waals surface area contributed by atoms with Gasteiger partial charge in [0.15, 0.2) is 0 Å². The largest absolute Gasteiger partial charge is 0.335 e. The van der Waals surface area contributed by atoms with E-state index in [2.05, 4.69) is 10.2 Å². The number of aryl methyl sites for hydroxylation is 2. The summed E-state index contributed by atoms with van der Waals surface area (Å²) in [5.74, 6) is 0.464. The van der Waals surface area contributed by atoms with Crippen LogP contribution < -0.4 is 4.90 Å². The van der Waals surface area contributed by atoms with Crippen molar-refractivity contribution in [1.29, 1.82) is 0 Å². The second-order valence-corrected chi connectivity index (χ2v) is 7.00. The van der Waals surface area contributed by atoms with Crippen LogP contribution in [-0.4, -0.2) is 49.4 Å². The molecule has 0 N–H and O–H groups in total. The molecule has 0 radical (unpaired) electrons. The highest BCUT2D eigenvalue weighted by atomic mass is 16.2. The minimum atomic E-state index is -0.396. The number of carbonyl (C=O) groups excluding carboxylic acids is 2. The van der Waals surface area contributed by atoms with Crippen molar-refractivity contribution in [2.45, 2.75) is 39.3 Å². The zero-order valence-electron chi connectivity index (χ0n) is 15.4. The summed E-state index contributed by atoms with van der Waals surface area (Å²) >= 11 is 0. The maximum atomic E-state index is 13.4. The summed E-state index contributed by atoms with van der Waals surface area (Å²) in [6.45, 7) is 6.01. The van der Waals surface area contributed by atoms with Crippen LogP contribution in [0.2, 0.25) is 0 Å². The molecule has 4 rings (SSSR count). The molecule has 2 amide bonds. The van der Waals surface area contributed by atoms with E-state index in [1.165, 1.54) is 0 Å². The lowest BCUT2D eigenvalue weighted by Gasteiger charge is -2.32. The third kappa shape index (κ3) is 2.43. The van der Waals surface area contributed by atoms with Crippen LogP contribution in [0.5, 0.6) is 0 Å². The first-order valence-electron chi connectivity index (χ1n) is 9.14. The molecule has 4 heterocycles. The van der Waals surface area contributed by atoms with Gasteiger partial charge in [0.25, 0.3) is 0 Å². The van der Waals surface area contributed by atoms with E-state index in [-0.39, 0.29) is 24.3 Å². The summed E-state index contributed by atoms with van der Waals surface area (Å²) in [4.78, 5) is 29.7. The number of hydrogen-bond acceptors (Lipinski definition) is 4. The van der Waals surface area contributed by atoms with Crippen molar-refractivity contribution in [2.24, 2.45) is 13.0 Å². The van der Waals surface area contributed by atoms with Gasteiger partial charge in [-0.1, -0.05) is 0 Å². The molecule has 0 spiro atoms. The number of nitrogens with zero attached hydrogens (tertiary/aromatic N) is 6. The summed E-state index contributed by atoms with van der Waals surface area (Å²) in [7, 11) is 1.88. The van der Waals surface area contributed by atoms with E-state index in [0.717, 1.165) is 30.0 Å². The van der Waals surface area contributed by atoms with Gasteiger partial charge in [0.1, 0.15) is 5.82 Å². The lowest BCUT2D eigenvalue weighted by Crippen LogP contribution is -2.43. The Morgan fingerprint density at radius 2 is 2.12 bits per heavy atom. The molecule has 2 atom stereocenters. The Hall–Kier alpha value is -2.64. The van der Waals surface area contributed by atoms with Crippen LogP contribution in [0.15, 0.2) is 18.5 Å². The molecule has 1 saturated heterocycles. The smallest absolute Gasteiger partial charge is 0.234 e. The van der Waals surface area contributed by atoms with E-state index < -0.39 is 5.92 Å². The molecule has 2 aliphatic rings. The number of likely N-dealkylation sites (tertiary alicyclic amines) is 1. The maximum Gasteiger partial charge on any atom is 0.234 e. The third-order valence-corrected chi connectivity index (χ3v) is 5.67. The molecule has 2 aromatic heterocycles. The molecule has 8 nitrogen and oxygen atoms in total. The van der Waals surface area contributed by atoms with Crippen LogP contribution in [0.4, 0.5) is 5.82 Å². The number of carbonyl (C=O) groups is 2. The monoisotopic (exact) mass is 356 g/mol. The molecule has 8 heteroatoms. The van der Waals surface area contributed by atoms with E-state index in [4.69, 9.17) is 0 Å². The predicted molar refractivity (Wildman–Crippen MR) is 95.4 cm³/mol. The molecule has 2 aromatic rings. The van der Waals surface area contributed by atoms with Gasteiger partial charge in [-0.15, -0.1) is 0 Å². The first-order chi connectivity index (χ1) is 12.5. The van der Waals surface area contributed by atoms with Crippen molar-refractivity contribution in [1.82, 2.24) is 24.5 Å². The summed E-state index contributed by atoms with van der Waals surface area (Å²) in [5.41, 5.74) is 1.95. The maximum absolute atomic E-state index is 13.4. The Balaban J connectivity index is 1.71. The number of rotatable bonds is 3. The molecular formula is C18H24N6O2. The Morgan fingerprint density at radius 3 is 2.81 bits per heavy atom. The van der Waals surface area contributed by atoms with Gasteiger partial charge < -0.3 is 4.90 Å². The summed E-state index contributed by atoms with van der Waals surface area (Å²) in [6.07, 6.45) is 4.63. The van der Waals surface area contributed by atoms with Crippen LogP contribution in [0.1, 0.15) is 37.1 Å². The molecule has 1 fully saturated rings. The zero-order valence-corrected chi connectivity index (χ0v) is 15.4. The second kappa shape index (κ2) is 6.26. The highest BCUT2D eigenvalue weighted by Gasteiger charge is 2.47. The van der Waals surface area contributed by atoms with E-state index in [0.29, 0.717) is 13.1 Å². The fourth-order valence-corrected chi connectivity index (χ4v) is 4.22. The van der Waals surface area contributed by atoms with Gasteiger partial charge in [0, 0.05) is 50.4 Å². The molecule has 138 valence electrons. The lowest BCUT2D eigenvalue weighted by molar-refractivity contribution is -0.129. The predicted octanol–water partition coefficient (Wildman–Crippen LogP) is 1.27. The molecule has 0 aliphatic carbocycles. The highest BCUT2D eigenvalue weighted by molar-refractivity contribution is 5.99. The summed E-state index contributed by atoms with van der Waals surface area (Å²) < 4.78 is 3.66. The Kier molecular flexibility index (Phi) is 4.05. The number of amides is 2. The van der Waals surface area contributed by atoms with E-state index in [9.17, 15) is 9.59 Å². The van der Waals surface area contributed by atoms with Gasteiger partial charge >= 0.3 is 0 Å². The minimum Gasteiger partial charge on any atom is -0.335 e. The van der Waals surface area contributed by atoms with Gasteiger partial charge in [-0.2, -0.15) is 10.2 Å². The average Bonchev–Trinajstić information content (AvgIpc) is 3.32. The van der Waals surface area contributed by atoms with Crippen molar-refractivity contribution >= 4 is 17.6 Å². The van der Waals surface area contributed by atoms with Crippen molar-refractivity contribution in [3.8, 4) is 0 Å². The normalized spacial score (nSPS) is 22.8. The SMILES string of the molecule is CCN1C(=O)C[C@H](C(=O)N2CCCn3nccc32)[C@H]1c1cnn(C)c1C. The van der Waals surface area contributed by atoms with Gasteiger partial charge in [0.05, 0.1) is 24.4 Å². The van der Waals surface area contributed by atoms with Gasteiger partial charge in [-0.25, -0.2) is 4.68 Å². The molecular weight excluding hydrogens is 332 g/mol. The van der Waals surface area contributed by atoms with E-state index in [1.54, 1.807) is 22.0 Å². The van der Waals surface area contributed by atoms with Gasteiger partial charge in [-0.3, -0.25) is 19.2 Å². The molecule has 2 aliphatic heterocycles. The quantitative estimate of drug-likeness (QED) is 0.830. The first kappa shape index (κ1) is 16.8. The van der Waals surface area contributed by atoms with Gasteiger partial charge in [-0.05, 0) is 20.3 Å². The van der Waals surface area contributed by atoms with E-state index >= 15 is 0 Å². The van der Waals surface area contributed by atoms with Crippen molar-refractivity contribution in [3.63, 3.8) is 0 Å². The fraction of sp³-hybridized carbons (Fsp3) is 0.556. The second-order valence-electron chi connectivity index (χ2n) is 7.00. The van der Waals surface area contributed by atoms with Crippen molar-refractivity contribution < 1.29 is 9.59 Å². The van der Waals surface area contributed by atoms with Crippen LogP contribution in [0.25, 0.3) is 0 Å². The fourth-order valence-electron chi connectivity index (χ4n) is 4.22. The van der Waals surface area contributed by atoms with Crippen LogP contribution in [0.3, 0.4) is 0 Å². The Labute approximate surface area is 152 Å². The Bertz CT molecular complexity index is 854.